The number of nitrogens with zero attached hydrogens (tertiary/aromatic N) is 1. The van der Waals surface area contributed by atoms with Crippen LogP contribution >= 0.6 is 0 Å². The van der Waals surface area contributed by atoms with Crippen LogP contribution in [0.15, 0.2) is 24.3 Å². The predicted octanol–water partition coefficient (Wildman–Crippen LogP) is 2.96. The van der Waals surface area contributed by atoms with Crippen LogP contribution in [-0.2, 0) is 0 Å². The number of hydrogen-bond acceptors (Lipinski definition) is 2. The molecule has 1 unspecified atom stereocenters. The van der Waals surface area contributed by atoms with Gasteiger partial charge in [-0.25, -0.2) is 0 Å². The first kappa shape index (κ1) is 10.3. The molecule has 15 heavy (non-hydrogen) atoms. The van der Waals surface area contributed by atoms with E-state index in [9.17, 15) is 0 Å². The Labute approximate surface area is 92.3 Å². The zero-order valence-corrected chi connectivity index (χ0v) is 9.83. The van der Waals surface area contributed by atoms with Crippen molar-refractivity contribution in [2.45, 2.75) is 25.8 Å². The van der Waals surface area contributed by atoms with Crippen molar-refractivity contribution in [3.05, 3.63) is 24.3 Å². The van der Waals surface area contributed by atoms with Gasteiger partial charge in [-0.05, 0) is 37.8 Å². The Bertz CT molecular complexity index is 329. The Balaban J connectivity index is 2.11. The van der Waals surface area contributed by atoms with Gasteiger partial charge in [0.2, 0.25) is 0 Å². The van der Waals surface area contributed by atoms with Crippen LogP contribution in [0.25, 0.3) is 0 Å². The molecule has 1 N–H and O–H groups in total. The quantitative estimate of drug-likeness (QED) is 0.811. The highest BCUT2D eigenvalue weighted by Gasteiger charge is 2.28. The van der Waals surface area contributed by atoms with E-state index in [1.54, 1.807) is 0 Å². The molecule has 0 spiro atoms. The van der Waals surface area contributed by atoms with Gasteiger partial charge < -0.3 is 10.2 Å². The third-order valence-electron chi connectivity index (χ3n) is 3.10. The van der Waals surface area contributed by atoms with E-state index in [2.05, 4.69) is 55.5 Å². The van der Waals surface area contributed by atoms with Gasteiger partial charge in [-0.15, -0.1) is 0 Å². The highest BCUT2D eigenvalue weighted by Crippen LogP contribution is 2.35. The lowest BCUT2D eigenvalue weighted by atomic mass is 10.2. The summed E-state index contributed by atoms with van der Waals surface area (Å²) >= 11 is 0. The van der Waals surface area contributed by atoms with Gasteiger partial charge in [0.25, 0.3) is 0 Å². The second kappa shape index (κ2) is 4.13. The molecule has 0 amide bonds. The Kier molecular flexibility index (Phi) is 2.85. The normalized spacial score (nSPS) is 17.3. The van der Waals surface area contributed by atoms with E-state index in [1.807, 2.05) is 0 Å². The zero-order valence-electron chi connectivity index (χ0n) is 9.83. The molecule has 2 rings (SSSR count). The highest BCUT2D eigenvalue weighted by atomic mass is 15.1. The van der Waals surface area contributed by atoms with E-state index in [4.69, 9.17) is 0 Å². The van der Waals surface area contributed by atoms with Gasteiger partial charge in [0.15, 0.2) is 0 Å². The van der Waals surface area contributed by atoms with Crippen LogP contribution in [0, 0.1) is 5.92 Å². The summed E-state index contributed by atoms with van der Waals surface area (Å²) in [6.07, 6.45) is 2.77. The summed E-state index contributed by atoms with van der Waals surface area (Å²) in [5.41, 5.74) is 2.52. The maximum atomic E-state index is 3.61. The molecule has 82 valence electrons. The van der Waals surface area contributed by atoms with Crippen molar-refractivity contribution in [3.8, 4) is 0 Å². The van der Waals surface area contributed by atoms with Gasteiger partial charge in [-0.3, -0.25) is 0 Å². The minimum atomic E-state index is 0.603. The molecule has 0 aromatic heterocycles. The van der Waals surface area contributed by atoms with Crippen molar-refractivity contribution >= 4 is 11.4 Å². The molecule has 1 saturated carbocycles. The Hall–Kier alpha value is -1.18. The number of nitrogens with one attached hydrogen (secondary N) is 1. The first-order valence-electron chi connectivity index (χ1n) is 5.71. The van der Waals surface area contributed by atoms with Crippen LogP contribution in [0.5, 0.6) is 0 Å². The van der Waals surface area contributed by atoms with Crippen molar-refractivity contribution in [2.75, 3.05) is 24.3 Å². The lowest BCUT2D eigenvalue weighted by molar-refractivity contribution is 0.694. The number of rotatable bonds is 4. The predicted molar refractivity (Wildman–Crippen MR) is 66.6 cm³/mol. The molecule has 0 saturated heterocycles. The largest absolute Gasteiger partial charge is 0.381 e. The van der Waals surface area contributed by atoms with Crippen molar-refractivity contribution in [2.24, 2.45) is 5.92 Å². The van der Waals surface area contributed by atoms with Crippen molar-refractivity contribution in [3.63, 3.8) is 0 Å². The standard InChI is InChI=1S/C13H20N2/c1-10(11-8-9-11)14-12-6-4-5-7-13(12)15(2)3/h4-7,10-11,14H,8-9H2,1-3H3. The minimum absolute atomic E-state index is 0.603. The molecule has 0 heterocycles. The lowest BCUT2D eigenvalue weighted by Crippen LogP contribution is -2.20. The minimum Gasteiger partial charge on any atom is -0.381 e. The molecule has 0 radical (unpaired) electrons. The molecular weight excluding hydrogens is 184 g/mol. The van der Waals surface area contributed by atoms with Crippen LogP contribution in [0.2, 0.25) is 0 Å². The van der Waals surface area contributed by atoms with Gasteiger partial charge in [0.05, 0.1) is 11.4 Å². The molecule has 1 aliphatic carbocycles. The SMILES string of the molecule is CC(Nc1ccccc1N(C)C)C1CC1. The third kappa shape index (κ3) is 2.44. The van der Waals surface area contributed by atoms with Crippen LogP contribution in [0.4, 0.5) is 11.4 Å². The molecule has 0 aliphatic heterocycles. The summed E-state index contributed by atoms with van der Waals surface area (Å²) in [5, 5.41) is 3.61. The Morgan fingerprint density at radius 1 is 1.27 bits per heavy atom. The first-order chi connectivity index (χ1) is 7.18. The summed E-state index contributed by atoms with van der Waals surface area (Å²) in [6.45, 7) is 2.28. The van der Waals surface area contributed by atoms with Gasteiger partial charge in [-0.2, -0.15) is 0 Å². The summed E-state index contributed by atoms with van der Waals surface area (Å²) in [6, 6.07) is 9.10. The second-order valence-electron chi connectivity index (χ2n) is 4.68. The molecule has 1 fully saturated rings. The van der Waals surface area contributed by atoms with Gasteiger partial charge in [0.1, 0.15) is 0 Å². The van der Waals surface area contributed by atoms with Crippen molar-refractivity contribution in [1.29, 1.82) is 0 Å². The fourth-order valence-electron chi connectivity index (χ4n) is 1.95. The summed E-state index contributed by atoms with van der Waals surface area (Å²) in [5.74, 6) is 0.889. The summed E-state index contributed by atoms with van der Waals surface area (Å²) < 4.78 is 0. The van der Waals surface area contributed by atoms with E-state index in [0.717, 1.165) is 5.92 Å². The van der Waals surface area contributed by atoms with Gasteiger partial charge >= 0.3 is 0 Å². The molecular formula is C13H20N2. The summed E-state index contributed by atoms with van der Waals surface area (Å²) in [4.78, 5) is 2.15. The number of hydrogen-bond donors (Lipinski definition) is 1. The Morgan fingerprint density at radius 3 is 2.53 bits per heavy atom. The van der Waals surface area contributed by atoms with Crippen LogP contribution in [-0.4, -0.2) is 20.1 Å². The van der Waals surface area contributed by atoms with Crippen LogP contribution < -0.4 is 10.2 Å². The zero-order chi connectivity index (χ0) is 10.8. The number of benzene rings is 1. The molecule has 0 bridgehead atoms. The van der Waals surface area contributed by atoms with E-state index in [0.29, 0.717) is 6.04 Å². The van der Waals surface area contributed by atoms with E-state index >= 15 is 0 Å². The number of para-hydroxylation sites is 2. The molecule has 1 aromatic rings. The monoisotopic (exact) mass is 204 g/mol. The van der Waals surface area contributed by atoms with E-state index < -0.39 is 0 Å². The van der Waals surface area contributed by atoms with Crippen molar-refractivity contribution < 1.29 is 0 Å². The van der Waals surface area contributed by atoms with E-state index in [-0.39, 0.29) is 0 Å². The smallest absolute Gasteiger partial charge is 0.0596 e. The first-order valence-corrected chi connectivity index (χ1v) is 5.71. The van der Waals surface area contributed by atoms with Crippen LogP contribution in [0.1, 0.15) is 19.8 Å². The molecule has 1 atom stereocenters. The fraction of sp³-hybridized carbons (Fsp3) is 0.538. The van der Waals surface area contributed by atoms with Gasteiger partial charge in [-0.1, -0.05) is 12.1 Å². The molecule has 2 nitrogen and oxygen atoms in total. The van der Waals surface area contributed by atoms with Crippen LogP contribution in [0.3, 0.4) is 0 Å². The maximum Gasteiger partial charge on any atom is 0.0596 e. The summed E-state index contributed by atoms with van der Waals surface area (Å²) in [7, 11) is 4.17. The third-order valence-corrected chi connectivity index (χ3v) is 3.10. The van der Waals surface area contributed by atoms with Gasteiger partial charge in [0, 0.05) is 20.1 Å². The second-order valence-corrected chi connectivity index (χ2v) is 4.68. The molecule has 1 aliphatic rings. The molecule has 1 aromatic carbocycles. The topological polar surface area (TPSA) is 15.3 Å². The highest BCUT2D eigenvalue weighted by molar-refractivity contribution is 5.69. The fourth-order valence-corrected chi connectivity index (χ4v) is 1.95. The van der Waals surface area contributed by atoms with E-state index in [1.165, 1.54) is 24.2 Å². The maximum absolute atomic E-state index is 3.61. The Morgan fingerprint density at radius 2 is 1.93 bits per heavy atom. The molecule has 2 heteroatoms. The van der Waals surface area contributed by atoms with Crippen molar-refractivity contribution in [1.82, 2.24) is 0 Å². The average molecular weight is 204 g/mol. The lowest BCUT2D eigenvalue weighted by Gasteiger charge is -2.21. The number of anilines is 2. The average Bonchev–Trinajstić information content (AvgIpc) is 3.01.